The molecule has 1 saturated heterocycles. The van der Waals surface area contributed by atoms with Crippen LogP contribution in [-0.2, 0) is 11.3 Å². The van der Waals surface area contributed by atoms with Gasteiger partial charge in [-0.3, -0.25) is 14.4 Å². The smallest absolute Gasteiger partial charge is 0.269 e. The van der Waals surface area contributed by atoms with E-state index in [4.69, 9.17) is 4.74 Å². The quantitative estimate of drug-likeness (QED) is 0.594. The Morgan fingerprint density at radius 2 is 1.81 bits per heavy atom. The largest absolute Gasteiger partial charge is 0.491 e. The molecule has 0 spiro atoms. The maximum absolute atomic E-state index is 13.1. The number of carbonyl (C=O) groups excluding carboxylic acids is 2. The minimum absolute atomic E-state index is 0.0334. The van der Waals surface area contributed by atoms with E-state index >= 15 is 0 Å². The molecule has 1 atom stereocenters. The monoisotopic (exact) mass is 487 g/mol. The lowest BCUT2D eigenvalue weighted by atomic mass is 10.1. The number of rotatable bonds is 5. The molecule has 2 aliphatic rings. The third-order valence-corrected chi connectivity index (χ3v) is 7.02. The topological polar surface area (TPSA) is 98.8 Å². The fourth-order valence-corrected chi connectivity index (χ4v) is 4.94. The Morgan fingerprint density at radius 1 is 1.06 bits per heavy atom. The average molecular weight is 488 g/mol. The Labute approximate surface area is 209 Å². The van der Waals surface area contributed by atoms with Crippen molar-refractivity contribution in [1.82, 2.24) is 20.0 Å². The normalized spacial score (nSPS) is 17.2. The Balaban J connectivity index is 1.32. The summed E-state index contributed by atoms with van der Waals surface area (Å²) >= 11 is 0. The highest BCUT2D eigenvalue weighted by Gasteiger charge is 2.32. The van der Waals surface area contributed by atoms with Crippen molar-refractivity contribution in [2.24, 2.45) is 0 Å². The molecule has 0 radical (unpaired) electrons. The van der Waals surface area contributed by atoms with Crippen LogP contribution in [0.15, 0.2) is 59.5 Å². The SMILES string of the molecule is CC(=O)N1CCN(C(=O)c2cccc(OCC3c4ccccc4CN3c3cn[nH]c(=O)c3C)c2)CC1. The predicted octanol–water partition coefficient (Wildman–Crippen LogP) is 2.52. The number of anilines is 1. The van der Waals surface area contributed by atoms with Crippen molar-refractivity contribution in [1.29, 1.82) is 0 Å². The Kier molecular flexibility index (Phi) is 6.45. The molecule has 3 heterocycles. The van der Waals surface area contributed by atoms with E-state index in [2.05, 4.69) is 27.2 Å². The standard InChI is InChI=1S/C27H29N5O4/c1-18-24(15-28-29-26(18)34)32-16-21-6-3-4-9-23(21)25(32)17-36-22-8-5-7-20(14-22)27(35)31-12-10-30(11-13-31)19(2)33/h3-9,14-15,25H,10-13,16-17H2,1-2H3,(H,29,34). The van der Waals surface area contributed by atoms with E-state index in [1.807, 2.05) is 24.3 Å². The second-order valence-corrected chi connectivity index (χ2v) is 9.19. The number of nitrogens with one attached hydrogen (secondary N) is 1. The van der Waals surface area contributed by atoms with Crippen molar-refractivity contribution < 1.29 is 14.3 Å². The van der Waals surface area contributed by atoms with Gasteiger partial charge in [0, 0.05) is 50.8 Å². The number of aromatic amines is 1. The summed E-state index contributed by atoms with van der Waals surface area (Å²) in [6.07, 6.45) is 1.68. The lowest BCUT2D eigenvalue weighted by Gasteiger charge is -2.34. The van der Waals surface area contributed by atoms with Crippen LogP contribution in [0, 0.1) is 6.92 Å². The number of H-pyrrole nitrogens is 1. The second kappa shape index (κ2) is 9.85. The Morgan fingerprint density at radius 3 is 2.58 bits per heavy atom. The van der Waals surface area contributed by atoms with E-state index in [-0.39, 0.29) is 23.4 Å². The number of ether oxygens (including phenoxy) is 1. The third-order valence-electron chi connectivity index (χ3n) is 7.02. The summed E-state index contributed by atoms with van der Waals surface area (Å²) in [4.78, 5) is 42.5. The average Bonchev–Trinajstić information content (AvgIpc) is 3.27. The van der Waals surface area contributed by atoms with Crippen LogP contribution in [0.2, 0.25) is 0 Å². The number of nitrogens with zero attached hydrogens (tertiary/aromatic N) is 4. The van der Waals surface area contributed by atoms with Gasteiger partial charge in [0.15, 0.2) is 0 Å². The van der Waals surface area contributed by atoms with Gasteiger partial charge in [-0.05, 0) is 36.2 Å². The van der Waals surface area contributed by atoms with Crippen LogP contribution in [0.1, 0.15) is 40.0 Å². The van der Waals surface area contributed by atoms with E-state index in [9.17, 15) is 14.4 Å². The molecule has 1 unspecified atom stereocenters. The summed E-state index contributed by atoms with van der Waals surface area (Å²) in [7, 11) is 0. The van der Waals surface area contributed by atoms with Gasteiger partial charge in [0.25, 0.3) is 11.5 Å². The second-order valence-electron chi connectivity index (χ2n) is 9.19. The molecule has 1 N–H and O–H groups in total. The van der Waals surface area contributed by atoms with Crippen LogP contribution in [0.4, 0.5) is 5.69 Å². The highest BCUT2D eigenvalue weighted by atomic mass is 16.5. The predicted molar refractivity (Wildman–Crippen MR) is 135 cm³/mol. The number of piperazine rings is 1. The van der Waals surface area contributed by atoms with E-state index in [0.29, 0.717) is 56.2 Å². The first kappa shape index (κ1) is 23.6. The van der Waals surface area contributed by atoms with E-state index in [1.165, 1.54) is 5.56 Å². The summed E-state index contributed by atoms with van der Waals surface area (Å²) < 4.78 is 6.22. The van der Waals surface area contributed by atoms with Crippen LogP contribution < -0.4 is 15.2 Å². The van der Waals surface area contributed by atoms with Gasteiger partial charge in [-0.1, -0.05) is 30.3 Å². The van der Waals surface area contributed by atoms with Crippen molar-refractivity contribution >= 4 is 17.5 Å². The number of hydrogen-bond acceptors (Lipinski definition) is 6. The first-order valence-electron chi connectivity index (χ1n) is 12.1. The van der Waals surface area contributed by atoms with Crippen LogP contribution in [0.5, 0.6) is 5.75 Å². The lowest BCUT2D eigenvalue weighted by Crippen LogP contribution is -2.50. The number of hydrogen-bond donors (Lipinski definition) is 1. The molecule has 3 aromatic rings. The molecule has 9 heteroatoms. The fraction of sp³-hybridized carbons (Fsp3) is 0.333. The zero-order valence-electron chi connectivity index (χ0n) is 20.4. The van der Waals surface area contributed by atoms with Gasteiger partial charge in [-0.2, -0.15) is 5.10 Å². The summed E-state index contributed by atoms with van der Waals surface area (Å²) in [6.45, 7) is 6.47. The molecular formula is C27H29N5O4. The molecule has 0 aliphatic carbocycles. The summed E-state index contributed by atoms with van der Waals surface area (Å²) in [6, 6.07) is 15.3. The highest BCUT2D eigenvalue weighted by Crippen LogP contribution is 2.38. The van der Waals surface area contributed by atoms with Crippen molar-refractivity contribution in [3.63, 3.8) is 0 Å². The molecular weight excluding hydrogens is 458 g/mol. The Bertz CT molecular complexity index is 1350. The van der Waals surface area contributed by atoms with E-state index in [0.717, 1.165) is 11.3 Å². The molecule has 36 heavy (non-hydrogen) atoms. The van der Waals surface area contributed by atoms with Gasteiger partial charge >= 0.3 is 0 Å². The molecule has 0 bridgehead atoms. The molecule has 2 aliphatic heterocycles. The molecule has 2 aromatic carbocycles. The fourth-order valence-electron chi connectivity index (χ4n) is 4.94. The minimum atomic E-state index is -0.210. The number of benzene rings is 2. The summed E-state index contributed by atoms with van der Waals surface area (Å²) in [5.74, 6) is 0.570. The lowest BCUT2D eigenvalue weighted by molar-refractivity contribution is -0.130. The molecule has 1 fully saturated rings. The first-order valence-corrected chi connectivity index (χ1v) is 12.1. The molecule has 0 saturated carbocycles. The number of amides is 2. The van der Waals surface area contributed by atoms with Crippen molar-refractivity contribution in [3.05, 3.63) is 87.3 Å². The maximum atomic E-state index is 13.1. The summed E-state index contributed by atoms with van der Waals surface area (Å²) in [5, 5.41) is 6.50. The third kappa shape index (κ3) is 4.56. The van der Waals surface area contributed by atoms with E-state index < -0.39 is 0 Å². The minimum Gasteiger partial charge on any atom is -0.491 e. The molecule has 2 amide bonds. The number of carbonyl (C=O) groups is 2. The molecule has 1 aromatic heterocycles. The number of aromatic nitrogens is 2. The highest BCUT2D eigenvalue weighted by molar-refractivity contribution is 5.94. The van der Waals surface area contributed by atoms with Crippen molar-refractivity contribution in [2.45, 2.75) is 26.4 Å². The summed E-state index contributed by atoms with van der Waals surface area (Å²) in [5.41, 5.74) is 4.06. The van der Waals surface area contributed by atoms with Crippen molar-refractivity contribution in [2.75, 3.05) is 37.7 Å². The zero-order valence-corrected chi connectivity index (χ0v) is 20.4. The maximum Gasteiger partial charge on any atom is 0.269 e. The van der Waals surface area contributed by atoms with Gasteiger partial charge in [0.1, 0.15) is 12.4 Å². The zero-order chi connectivity index (χ0) is 25.2. The van der Waals surface area contributed by atoms with Gasteiger partial charge in [0.05, 0.1) is 17.9 Å². The van der Waals surface area contributed by atoms with Crippen LogP contribution in [0.3, 0.4) is 0 Å². The number of fused-ring (bicyclic) bond motifs is 1. The van der Waals surface area contributed by atoms with Gasteiger partial charge in [0.2, 0.25) is 5.91 Å². The van der Waals surface area contributed by atoms with Crippen LogP contribution >= 0.6 is 0 Å². The first-order chi connectivity index (χ1) is 17.4. The van der Waals surface area contributed by atoms with Crippen molar-refractivity contribution in [3.8, 4) is 5.75 Å². The van der Waals surface area contributed by atoms with Crippen LogP contribution in [-0.4, -0.2) is 64.6 Å². The van der Waals surface area contributed by atoms with Crippen LogP contribution in [0.25, 0.3) is 0 Å². The van der Waals surface area contributed by atoms with Gasteiger partial charge < -0.3 is 19.4 Å². The molecule has 186 valence electrons. The van der Waals surface area contributed by atoms with Gasteiger partial charge in [-0.25, -0.2) is 5.10 Å². The molecule has 5 rings (SSSR count). The molecule has 9 nitrogen and oxygen atoms in total. The van der Waals surface area contributed by atoms with Gasteiger partial charge in [-0.15, -0.1) is 0 Å². The Hall–Kier alpha value is -4.14. The van der Waals surface area contributed by atoms with E-state index in [1.54, 1.807) is 42.0 Å².